The second-order valence-corrected chi connectivity index (χ2v) is 5.60. The number of methoxy groups -OCH3 is 1. The lowest BCUT2D eigenvalue weighted by atomic mass is 10.0. The number of nitrogens with one attached hydrogen (secondary N) is 1. The maximum absolute atomic E-state index is 10.9. The largest absolute Gasteiger partial charge is 0.383 e. The van der Waals surface area contributed by atoms with Gasteiger partial charge in [-0.05, 0) is 18.4 Å². The molecule has 1 amide bonds. The second kappa shape index (κ2) is 8.12. The summed E-state index contributed by atoms with van der Waals surface area (Å²) in [7, 11) is 1.73. The zero-order valence-corrected chi connectivity index (χ0v) is 12.6. The van der Waals surface area contributed by atoms with Crippen molar-refractivity contribution in [1.82, 2.24) is 10.2 Å². The van der Waals surface area contributed by atoms with E-state index in [2.05, 4.69) is 34.5 Å². The summed E-state index contributed by atoms with van der Waals surface area (Å²) >= 11 is 0. The Labute approximate surface area is 126 Å². The SMILES string of the molecule is COCC(NC1CCN(CC(N)=O)CC1)c1ccccc1. The first-order valence-electron chi connectivity index (χ1n) is 7.49. The minimum atomic E-state index is -0.247. The molecular weight excluding hydrogens is 266 g/mol. The van der Waals surface area contributed by atoms with Crippen LogP contribution in [-0.2, 0) is 9.53 Å². The highest BCUT2D eigenvalue weighted by atomic mass is 16.5. The van der Waals surface area contributed by atoms with Gasteiger partial charge in [0, 0.05) is 26.2 Å². The van der Waals surface area contributed by atoms with Crippen LogP contribution in [-0.4, -0.2) is 50.2 Å². The van der Waals surface area contributed by atoms with E-state index in [-0.39, 0.29) is 11.9 Å². The Kier molecular flexibility index (Phi) is 6.17. The lowest BCUT2D eigenvalue weighted by Gasteiger charge is -2.34. The zero-order valence-electron chi connectivity index (χ0n) is 12.6. The Morgan fingerprint density at radius 1 is 1.38 bits per heavy atom. The van der Waals surface area contributed by atoms with Gasteiger partial charge in [0.2, 0.25) is 5.91 Å². The summed E-state index contributed by atoms with van der Waals surface area (Å²) in [6.07, 6.45) is 2.06. The maximum Gasteiger partial charge on any atom is 0.231 e. The predicted octanol–water partition coefficient (Wildman–Crippen LogP) is 0.913. The van der Waals surface area contributed by atoms with E-state index in [1.165, 1.54) is 5.56 Å². The highest BCUT2D eigenvalue weighted by molar-refractivity contribution is 5.75. The van der Waals surface area contributed by atoms with Gasteiger partial charge in [-0.25, -0.2) is 0 Å². The van der Waals surface area contributed by atoms with Gasteiger partial charge in [0.05, 0.1) is 19.2 Å². The first kappa shape index (κ1) is 15.9. The van der Waals surface area contributed by atoms with Gasteiger partial charge in [-0.2, -0.15) is 0 Å². The van der Waals surface area contributed by atoms with E-state index in [9.17, 15) is 4.79 Å². The van der Waals surface area contributed by atoms with Gasteiger partial charge in [0.15, 0.2) is 0 Å². The van der Waals surface area contributed by atoms with E-state index in [1.54, 1.807) is 7.11 Å². The molecule has 1 aromatic rings. The van der Waals surface area contributed by atoms with Crippen molar-refractivity contribution in [3.8, 4) is 0 Å². The molecule has 1 aromatic carbocycles. The summed E-state index contributed by atoms with van der Waals surface area (Å²) in [6.45, 7) is 2.85. The number of benzene rings is 1. The number of primary amides is 1. The molecular formula is C16H25N3O2. The molecule has 0 saturated carbocycles. The minimum absolute atomic E-state index is 0.212. The number of carbonyl (C=O) groups excluding carboxylic acids is 1. The fourth-order valence-corrected chi connectivity index (χ4v) is 2.86. The highest BCUT2D eigenvalue weighted by Crippen LogP contribution is 2.18. The van der Waals surface area contributed by atoms with Crippen LogP contribution in [0.4, 0.5) is 0 Å². The molecule has 3 N–H and O–H groups in total. The smallest absolute Gasteiger partial charge is 0.231 e. The standard InChI is InChI=1S/C16H25N3O2/c1-21-12-15(13-5-3-2-4-6-13)18-14-7-9-19(10-8-14)11-16(17)20/h2-6,14-15,18H,7-12H2,1H3,(H2,17,20). The third-order valence-corrected chi connectivity index (χ3v) is 3.94. The van der Waals surface area contributed by atoms with Gasteiger partial charge in [-0.3, -0.25) is 9.69 Å². The van der Waals surface area contributed by atoms with Gasteiger partial charge in [0.25, 0.3) is 0 Å². The van der Waals surface area contributed by atoms with Crippen molar-refractivity contribution in [2.45, 2.75) is 24.9 Å². The highest BCUT2D eigenvalue weighted by Gasteiger charge is 2.23. The molecule has 0 aliphatic carbocycles. The topological polar surface area (TPSA) is 67.6 Å². The molecule has 5 nitrogen and oxygen atoms in total. The molecule has 5 heteroatoms. The number of carbonyl (C=O) groups is 1. The number of ether oxygens (including phenoxy) is 1. The minimum Gasteiger partial charge on any atom is -0.383 e. The molecule has 1 unspecified atom stereocenters. The fraction of sp³-hybridized carbons (Fsp3) is 0.562. The fourth-order valence-electron chi connectivity index (χ4n) is 2.86. The van der Waals surface area contributed by atoms with Crippen LogP contribution < -0.4 is 11.1 Å². The van der Waals surface area contributed by atoms with E-state index < -0.39 is 0 Å². The van der Waals surface area contributed by atoms with E-state index in [1.807, 2.05) is 6.07 Å². The van der Waals surface area contributed by atoms with Crippen LogP contribution in [0.15, 0.2) is 30.3 Å². The number of nitrogens with two attached hydrogens (primary N) is 1. The molecule has 21 heavy (non-hydrogen) atoms. The molecule has 1 saturated heterocycles. The number of amides is 1. The molecule has 1 atom stereocenters. The predicted molar refractivity (Wildman–Crippen MR) is 82.9 cm³/mol. The van der Waals surface area contributed by atoms with Crippen molar-refractivity contribution in [2.24, 2.45) is 5.73 Å². The summed E-state index contributed by atoms with van der Waals surface area (Å²) < 4.78 is 5.34. The van der Waals surface area contributed by atoms with Crippen LogP contribution >= 0.6 is 0 Å². The van der Waals surface area contributed by atoms with Crippen LogP contribution in [0.5, 0.6) is 0 Å². The summed E-state index contributed by atoms with van der Waals surface area (Å²) in [5.74, 6) is -0.247. The molecule has 0 spiro atoms. The van der Waals surface area contributed by atoms with E-state index >= 15 is 0 Å². The molecule has 1 aliphatic rings. The molecule has 1 fully saturated rings. The third kappa shape index (κ3) is 5.12. The summed E-state index contributed by atoms with van der Waals surface area (Å²) in [5.41, 5.74) is 6.49. The molecule has 0 bridgehead atoms. The van der Waals surface area contributed by atoms with Gasteiger partial charge >= 0.3 is 0 Å². The van der Waals surface area contributed by atoms with Crippen molar-refractivity contribution < 1.29 is 9.53 Å². The molecule has 0 radical (unpaired) electrons. The Morgan fingerprint density at radius 2 is 2.05 bits per heavy atom. The van der Waals surface area contributed by atoms with Crippen molar-refractivity contribution in [1.29, 1.82) is 0 Å². The van der Waals surface area contributed by atoms with E-state index in [4.69, 9.17) is 10.5 Å². The summed E-state index contributed by atoms with van der Waals surface area (Å²) in [4.78, 5) is 13.1. The van der Waals surface area contributed by atoms with Crippen molar-refractivity contribution in [3.05, 3.63) is 35.9 Å². The molecule has 0 aromatic heterocycles. The molecule has 1 heterocycles. The van der Waals surface area contributed by atoms with Crippen LogP contribution in [0.3, 0.4) is 0 Å². The number of nitrogens with zero attached hydrogens (tertiary/aromatic N) is 1. The Bertz CT molecular complexity index is 430. The van der Waals surface area contributed by atoms with E-state index in [0.717, 1.165) is 25.9 Å². The van der Waals surface area contributed by atoms with Crippen LogP contribution in [0.25, 0.3) is 0 Å². The zero-order chi connectivity index (χ0) is 15.1. The number of piperidine rings is 1. The molecule has 116 valence electrons. The summed E-state index contributed by atoms with van der Waals surface area (Å²) in [5, 5.41) is 3.68. The van der Waals surface area contributed by atoms with Crippen LogP contribution in [0.1, 0.15) is 24.4 Å². The van der Waals surface area contributed by atoms with Crippen LogP contribution in [0.2, 0.25) is 0 Å². The molecule has 1 aliphatic heterocycles. The van der Waals surface area contributed by atoms with Crippen molar-refractivity contribution in [3.63, 3.8) is 0 Å². The van der Waals surface area contributed by atoms with Gasteiger partial charge < -0.3 is 15.8 Å². The monoisotopic (exact) mass is 291 g/mol. The Morgan fingerprint density at radius 3 is 2.62 bits per heavy atom. The second-order valence-electron chi connectivity index (χ2n) is 5.60. The normalized spacial score (nSPS) is 18.5. The lowest BCUT2D eigenvalue weighted by Crippen LogP contribution is -2.46. The average Bonchev–Trinajstić information content (AvgIpc) is 2.49. The number of hydrogen-bond acceptors (Lipinski definition) is 4. The van der Waals surface area contributed by atoms with Gasteiger partial charge in [0.1, 0.15) is 0 Å². The van der Waals surface area contributed by atoms with Crippen molar-refractivity contribution >= 4 is 5.91 Å². The van der Waals surface area contributed by atoms with Crippen molar-refractivity contribution in [2.75, 3.05) is 33.4 Å². The first-order chi connectivity index (χ1) is 10.2. The Balaban J connectivity index is 1.86. The van der Waals surface area contributed by atoms with Crippen LogP contribution in [0, 0.1) is 0 Å². The lowest BCUT2D eigenvalue weighted by molar-refractivity contribution is -0.119. The molecule has 2 rings (SSSR count). The third-order valence-electron chi connectivity index (χ3n) is 3.94. The first-order valence-corrected chi connectivity index (χ1v) is 7.49. The quantitative estimate of drug-likeness (QED) is 0.784. The van der Waals surface area contributed by atoms with Gasteiger partial charge in [-0.1, -0.05) is 30.3 Å². The Hall–Kier alpha value is -1.43. The summed E-state index contributed by atoms with van der Waals surface area (Å²) in [6, 6.07) is 11.0. The number of rotatable bonds is 7. The average molecular weight is 291 g/mol. The maximum atomic E-state index is 10.9. The number of hydrogen-bond donors (Lipinski definition) is 2. The van der Waals surface area contributed by atoms with Gasteiger partial charge in [-0.15, -0.1) is 0 Å². The number of likely N-dealkylation sites (tertiary alicyclic amines) is 1. The van der Waals surface area contributed by atoms with E-state index in [0.29, 0.717) is 19.2 Å².